The summed E-state index contributed by atoms with van der Waals surface area (Å²) in [5, 5.41) is 6.09. The minimum Gasteiger partial charge on any atom is -0.349 e. The number of anilines is 1. The normalized spacial score (nSPS) is 16.8. The van der Waals surface area contributed by atoms with Gasteiger partial charge in [-0.25, -0.2) is 4.39 Å². The summed E-state index contributed by atoms with van der Waals surface area (Å²) in [6, 6.07) is 5.94. The summed E-state index contributed by atoms with van der Waals surface area (Å²) in [5.41, 5.74) is -2.63. The molecule has 5 nitrogen and oxygen atoms in total. The van der Waals surface area contributed by atoms with Crippen molar-refractivity contribution in [1.29, 1.82) is 0 Å². The van der Waals surface area contributed by atoms with E-state index < -0.39 is 23.6 Å². The second kappa shape index (κ2) is 9.09. The topological polar surface area (TPSA) is 47.6 Å². The largest absolute Gasteiger partial charge is 0.435 e. The predicted octanol–water partition coefficient (Wildman–Crippen LogP) is 6.31. The van der Waals surface area contributed by atoms with Gasteiger partial charge in [0.2, 0.25) is 0 Å². The van der Waals surface area contributed by atoms with Crippen LogP contribution in [0.1, 0.15) is 45.5 Å². The minimum atomic E-state index is -6.20. The Morgan fingerprint density at radius 1 is 1.00 bits per heavy atom. The van der Waals surface area contributed by atoms with Gasteiger partial charge < -0.3 is 5.32 Å². The third-order valence-corrected chi connectivity index (χ3v) is 6.55. The summed E-state index contributed by atoms with van der Waals surface area (Å²) in [4.78, 5) is 12.5. The van der Waals surface area contributed by atoms with Crippen molar-refractivity contribution in [3.63, 3.8) is 0 Å². The first kappa shape index (κ1) is 27.1. The van der Waals surface area contributed by atoms with Gasteiger partial charge in [0.1, 0.15) is 0 Å². The summed E-state index contributed by atoms with van der Waals surface area (Å²) >= 11 is 6.20. The summed E-state index contributed by atoms with van der Waals surface area (Å²) in [6.07, 6.45) is -9.07. The van der Waals surface area contributed by atoms with Crippen LogP contribution in [0.25, 0.3) is 5.70 Å². The molecule has 2 aromatic carbocycles. The highest BCUT2D eigenvalue weighted by Crippen LogP contribution is 2.53. The molecule has 13 heteroatoms. The van der Waals surface area contributed by atoms with E-state index in [9.17, 15) is 35.5 Å². The van der Waals surface area contributed by atoms with E-state index in [2.05, 4.69) is 10.9 Å². The van der Waals surface area contributed by atoms with Crippen molar-refractivity contribution < 1.29 is 35.5 Å². The second-order valence-electron chi connectivity index (χ2n) is 9.09. The molecule has 0 aromatic heterocycles. The Morgan fingerprint density at radius 2 is 1.57 bits per heavy atom. The third kappa shape index (κ3) is 4.84. The average Bonchev–Trinajstić information content (AvgIpc) is 3.51. The van der Waals surface area contributed by atoms with Crippen LogP contribution in [0.2, 0.25) is 5.02 Å². The van der Waals surface area contributed by atoms with Gasteiger partial charge in [0.25, 0.3) is 5.91 Å². The Kier molecular flexibility index (Phi) is 6.64. The van der Waals surface area contributed by atoms with Crippen LogP contribution in [-0.4, -0.2) is 36.4 Å². The number of amides is 1. The zero-order valence-corrected chi connectivity index (χ0v) is 20.5. The molecule has 1 heterocycles. The number of halogens is 8. The van der Waals surface area contributed by atoms with Crippen molar-refractivity contribution >= 4 is 28.9 Å². The van der Waals surface area contributed by atoms with E-state index in [0.717, 1.165) is 12.8 Å². The van der Waals surface area contributed by atoms with Gasteiger partial charge in [0, 0.05) is 30.4 Å². The standard InChI is InChI=1S/C24H22ClF7N4O/c1-12-8-14(22(26,23(27,28)29)24(30,31)32)9-13(2)20(12)19-11-36(34-35(19)3)16-6-7-18(25)17(10-16)21(37)33-15-4-5-15/h6-11,15,34H,4-5H2,1-3H3,(H,33,37). The fourth-order valence-corrected chi connectivity index (χ4v) is 4.40. The number of nitrogens with zero attached hydrogens (tertiary/aromatic N) is 2. The molecule has 1 saturated carbocycles. The lowest BCUT2D eigenvalue weighted by Gasteiger charge is -2.31. The molecular weight excluding hydrogens is 529 g/mol. The molecular formula is C24H22ClF7N4O. The van der Waals surface area contributed by atoms with Crippen LogP contribution >= 0.6 is 11.6 Å². The fraction of sp³-hybridized carbons (Fsp3) is 0.375. The van der Waals surface area contributed by atoms with Gasteiger partial charge >= 0.3 is 18.0 Å². The van der Waals surface area contributed by atoms with Crippen molar-refractivity contribution in [3.8, 4) is 0 Å². The highest BCUT2D eigenvalue weighted by molar-refractivity contribution is 6.34. The highest BCUT2D eigenvalue weighted by atomic mass is 35.5. The van der Waals surface area contributed by atoms with Crippen molar-refractivity contribution in [2.24, 2.45) is 0 Å². The summed E-state index contributed by atoms with van der Waals surface area (Å²) in [5.74, 6) is -0.336. The molecule has 200 valence electrons. The van der Waals surface area contributed by atoms with Crippen LogP contribution in [0, 0.1) is 13.8 Å². The van der Waals surface area contributed by atoms with Crippen molar-refractivity contribution in [2.45, 2.75) is 50.8 Å². The van der Waals surface area contributed by atoms with Crippen molar-refractivity contribution in [3.05, 3.63) is 69.4 Å². The molecule has 1 fully saturated rings. The van der Waals surface area contributed by atoms with Crippen LogP contribution in [0.3, 0.4) is 0 Å². The lowest BCUT2D eigenvalue weighted by molar-refractivity contribution is -0.348. The Hall–Kier alpha value is -2.99. The first-order chi connectivity index (χ1) is 17.0. The van der Waals surface area contributed by atoms with E-state index in [1.165, 1.54) is 29.9 Å². The number of benzene rings is 2. The van der Waals surface area contributed by atoms with E-state index in [1.54, 1.807) is 25.4 Å². The van der Waals surface area contributed by atoms with Crippen molar-refractivity contribution in [1.82, 2.24) is 15.9 Å². The summed E-state index contributed by atoms with van der Waals surface area (Å²) in [6.45, 7) is 2.61. The Bertz CT molecular complexity index is 1230. The number of hydrazine groups is 2. The maximum atomic E-state index is 14.6. The number of hydrogen-bond acceptors (Lipinski definition) is 4. The van der Waals surface area contributed by atoms with Crippen LogP contribution in [-0.2, 0) is 5.67 Å². The monoisotopic (exact) mass is 550 g/mol. The lowest BCUT2D eigenvalue weighted by Crippen LogP contribution is -2.50. The molecule has 1 aliphatic carbocycles. The molecule has 0 bridgehead atoms. The number of carbonyl (C=O) groups excluding carboxylic acids is 1. The van der Waals surface area contributed by atoms with E-state index in [-0.39, 0.29) is 33.7 Å². The lowest BCUT2D eigenvalue weighted by atomic mass is 9.88. The van der Waals surface area contributed by atoms with Gasteiger partial charge in [-0.2, -0.15) is 26.3 Å². The number of hydrogen-bond donors (Lipinski definition) is 2. The highest BCUT2D eigenvalue weighted by Gasteiger charge is 2.73. The number of aryl methyl sites for hydroxylation is 2. The third-order valence-electron chi connectivity index (χ3n) is 6.22. The van der Waals surface area contributed by atoms with E-state index in [4.69, 9.17) is 11.6 Å². The number of carbonyl (C=O) groups is 1. The molecule has 1 aliphatic heterocycles. The second-order valence-corrected chi connectivity index (χ2v) is 9.50. The maximum absolute atomic E-state index is 14.6. The zero-order chi connectivity index (χ0) is 27.5. The Morgan fingerprint density at radius 3 is 2.08 bits per heavy atom. The van der Waals surface area contributed by atoms with E-state index >= 15 is 0 Å². The molecule has 0 radical (unpaired) electrons. The number of nitrogens with one attached hydrogen (secondary N) is 2. The van der Waals surface area contributed by atoms with Gasteiger partial charge in [0.15, 0.2) is 0 Å². The Balaban J connectivity index is 1.71. The molecule has 0 spiro atoms. The molecule has 37 heavy (non-hydrogen) atoms. The van der Waals surface area contributed by atoms with E-state index in [1.807, 2.05) is 0 Å². The Labute approximate surface area is 212 Å². The van der Waals surface area contributed by atoms with Gasteiger partial charge in [-0.1, -0.05) is 23.7 Å². The quantitative estimate of drug-likeness (QED) is 0.429. The van der Waals surface area contributed by atoms with Crippen LogP contribution in [0.15, 0.2) is 36.5 Å². The average molecular weight is 551 g/mol. The van der Waals surface area contributed by atoms with Gasteiger partial charge in [-0.15, -0.1) is 5.53 Å². The molecule has 2 aliphatic rings. The smallest absolute Gasteiger partial charge is 0.349 e. The fourth-order valence-electron chi connectivity index (χ4n) is 4.20. The van der Waals surface area contributed by atoms with Crippen LogP contribution < -0.4 is 15.9 Å². The molecule has 1 amide bonds. The SMILES string of the molecule is Cc1cc(C(F)(C(F)(F)F)C(F)(F)F)cc(C)c1C1=CN(c2ccc(Cl)c(C(=O)NC3CC3)c2)NN1C. The first-order valence-corrected chi connectivity index (χ1v) is 11.5. The van der Waals surface area contributed by atoms with Gasteiger partial charge in [-0.3, -0.25) is 14.8 Å². The minimum absolute atomic E-state index is 0.00730. The summed E-state index contributed by atoms with van der Waals surface area (Å²) in [7, 11) is 1.58. The molecule has 0 unspecified atom stereocenters. The molecule has 0 atom stereocenters. The molecule has 2 N–H and O–H groups in total. The number of alkyl halides is 7. The summed E-state index contributed by atoms with van der Waals surface area (Å²) < 4.78 is 94.3. The van der Waals surface area contributed by atoms with Gasteiger partial charge in [0.05, 0.1) is 22.0 Å². The van der Waals surface area contributed by atoms with Crippen molar-refractivity contribution in [2.75, 3.05) is 12.1 Å². The zero-order valence-electron chi connectivity index (χ0n) is 19.8. The van der Waals surface area contributed by atoms with Crippen LogP contribution in [0.5, 0.6) is 0 Å². The maximum Gasteiger partial charge on any atom is 0.435 e. The van der Waals surface area contributed by atoms with Gasteiger partial charge in [-0.05, 0) is 56.0 Å². The molecule has 0 saturated heterocycles. The van der Waals surface area contributed by atoms with Crippen LogP contribution in [0.4, 0.5) is 36.4 Å². The van der Waals surface area contributed by atoms with E-state index in [0.29, 0.717) is 29.1 Å². The first-order valence-electron chi connectivity index (χ1n) is 11.1. The number of rotatable bonds is 5. The molecule has 4 rings (SSSR count). The molecule has 2 aromatic rings. The predicted molar refractivity (Wildman–Crippen MR) is 124 cm³/mol.